The lowest BCUT2D eigenvalue weighted by Gasteiger charge is -2.44. The van der Waals surface area contributed by atoms with Gasteiger partial charge in [-0.2, -0.15) is 0 Å². The lowest BCUT2D eigenvalue weighted by atomic mass is 9.83. The van der Waals surface area contributed by atoms with E-state index in [9.17, 15) is 14.4 Å². The summed E-state index contributed by atoms with van der Waals surface area (Å²) in [4.78, 5) is 41.9. The number of quaternary nitrogens is 2. The Morgan fingerprint density at radius 3 is 2.24 bits per heavy atom. The van der Waals surface area contributed by atoms with E-state index in [-0.39, 0.29) is 30.2 Å². The summed E-state index contributed by atoms with van der Waals surface area (Å²) >= 11 is 3.38. The Labute approximate surface area is 179 Å². The van der Waals surface area contributed by atoms with Crippen molar-refractivity contribution in [2.45, 2.75) is 50.1 Å². The van der Waals surface area contributed by atoms with Gasteiger partial charge in [0, 0.05) is 4.47 Å². The number of anilines is 1. The van der Waals surface area contributed by atoms with Gasteiger partial charge in [-0.15, -0.1) is 0 Å². The average molecular weight is 465 g/mol. The molecule has 0 unspecified atom stereocenters. The summed E-state index contributed by atoms with van der Waals surface area (Å²) in [6.07, 6.45) is 5.09. The van der Waals surface area contributed by atoms with E-state index >= 15 is 0 Å². The molecule has 3 saturated heterocycles. The van der Waals surface area contributed by atoms with Gasteiger partial charge in [0.2, 0.25) is 5.91 Å². The molecule has 8 heteroatoms. The molecular weight excluding hydrogens is 436 g/mol. The first-order valence-electron chi connectivity index (χ1n) is 10.5. The molecule has 29 heavy (non-hydrogen) atoms. The van der Waals surface area contributed by atoms with Crippen LogP contribution in [0, 0.1) is 0 Å². The van der Waals surface area contributed by atoms with Crippen LogP contribution < -0.4 is 20.4 Å². The van der Waals surface area contributed by atoms with Crippen LogP contribution in [0.1, 0.15) is 38.5 Å². The minimum Gasteiger partial charge on any atom is -0.364 e. The lowest BCUT2D eigenvalue weighted by molar-refractivity contribution is -0.978. The van der Waals surface area contributed by atoms with Gasteiger partial charge < -0.3 is 15.5 Å². The summed E-state index contributed by atoms with van der Waals surface area (Å²) in [6, 6.07) is 6.87. The smallest absolute Gasteiger partial charge is 0.292 e. The van der Waals surface area contributed by atoms with Gasteiger partial charge in [-0.05, 0) is 43.5 Å². The van der Waals surface area contributed by atoms with E-state index in [0.29, 0.717) is 31.6 Å². The molecule has 3 heterocycles. The second-order valence-electron chi connectivity index (χ2n) is 8.57. The molecule has 156 valence electrons. The van der Waals surface area contributed by atoms with E-state index in [1.807, 2.05) is 12.1 Å². The standard InChI is InChI=1S/C21H27BrN4O3/c22-15-4-6-16(7-5-15)26-18(27)14-17(19(26)28)24-12-8-21(9-13-24,20(23)29)25-10-2-1-3-11-25/h4-7,17H,1-3,8-14H2,(H2,23,29)/p+2/t17-/m0/s1. The summed E-state index contributed by atoms with van der Waals surface area (Å²) in [5.74, 6) is -0.494. The predicted octanol–water partition coefficient (Wildman–Crippen LogP) is -0.947. The maximum atomic E-state index is 13.1. The van der Waals surface area contributed by atoms with Crippen molar-refractivity contribution in [3.05, 3.63) is 28.7 Å². The molecule has 0 spiro atoms. The first-order valence-corrected chi connectivity index (χ1v) is 11.3. The van der Waals surface area contributed by atoms with Gasteiger partial charge in [0.05, 0.1) is 51.1 Å². The third-order valence-corrected chi connectivity index (χ3v) is 7.60. The number of carbonyl (C=O) groups excluding carboxylic acids is 3. The molecule has 4 rings (SSSR count). The van der Waals surface area contributed by atoms with Crippen molar-refractivity contribution >= 4 is 39.3 Å². The molecule has 1 aromatic carbocycles. The predicted molar refractivity (Wildman–Crippen MR) is 111 cm³/mol. The Morgan fingerprint density at radius 2 is 1.66 bits per heavy atom. The first-order chi connectivity index (χ1) is 13.9. The summed E-state index contributed by atoms with van der Waals surface area (Å²) in [7, 11) is 0. The van der Waals surface area contributed by atoms with Crippen molar-refractivity contribution < 1.29 is 24.2 Å². The molecule has 3 aliphatic heterocycles. The number of imide groups is 1. The highest BCUT2D eigenvalue weighted by molar-refractivity contribution is 9.10. The fourth-order valence-electron chi connectivity index (χ4n) is 5.39. The monoisotopic (exact) mass is 464 g/mol. The number of hydrogen-bond acceptors (Lipinski definition) is 3. The van der Waals surface area contributed by atoms with E-state index in [1.54, 1.807) is 12.1 Å². The fourth-order valence-corrected chi connectivity index (χ4v) is 5.65. The number of halogens is 1. The van der Waals surface area contributed by atoms with Crippen molar-refractivity contribution in [1.82, 2.24) is 0 Å². The Hall–Kier alpha value is -1.77. The van der Waals surface area contributed by atoms with Crippen molar-refractivity contribution in [1.29, 1.82) is 0 Å². The van der Waals surface area contributed by atoms with Gasteiger partial charge in [0.1, 0.15) is 0 Å². The minimum atomic E-state index is -0.513. The van der Waals surface area contributed by atoms with Gasteiger partial charge in [0.25, 0.3) is 11.8 Å². The molecule has 4 N–H and O–H groups in total. The highest BCUT2D eigenvalue weighted by Crippen LogP contribution is 2.24. The van der Waals surface area contributed by atoms with Crippen LogP contribution in [0.5, 0.6) is 0 Å². The van der Waals surface area contributed by atoms with Crippen LogP contribution in [-0.2, 0) is 14.4 Å². The van der Waals surface area contributed by atoms with Crippen molar-refractivity contribution in [3.8, 4) is 0 Å². The normalized spacial score (nSPS) is 31.3. The van der Waals surface area contributed by atoms with Crippen LogP contribution in [0.3, 0.4) is 0 Å². The molecule has 1 atom stereocenters. The molecule has 7 nitrogen and oxygen atoms in total. The molecule has 3 aliphatic rings. The number of carbonyl (C=O) groups is 3. The van der Waals surface area contributed by atoms with Gasteiger partial charge >= 0.3 is 0 Å². The van der Waals surface area contributed by atoms with Crippen molar-refractivity contribution in [2.24, 2.45) is 5.73 Å². The Balaban J connectivity index is 1.47. The van der Waals surface area contributed by atoms with E-state index < -0.39 is 5.54 Å². The van der Waals surface area contributed by atoms with Gasteiger partial charge in [-0.1, -0.05) is 15.9 Å². The molecule has 0 aliphatic carbocycles. The van der Waals surface area contributed by atoms with E-state index in [2.05, 4.69) is 15.9 Å². The summed E-state index contributed by atoms with van der Waals surface area (Å²) in [6.45, 7) is 3.39. The fraction of sp³-hybridized carbons (Fsp3) is 0.571. The highest BCUT2D eigenvalue weighted by atomic mass is 79.9. The number of nitrogens with one attached hydrogen (secondary N) is 2. The molecule has 3 amide bonds. The van der Waals surface area contributed by atoms with E-state index in [4.69, 9.17) is 5.73 Å². The van der Waals surface area contributed by atoms with E-state index in [0.717, 1.165) is 35.3 Å². The van der Waals surface area contributed by atoms with Gasteiger partial charge in [-0.25, -0.2) is 4.90 Å². The zero-order valence-electron chi connectivity index (χ0n) is 16.6. The topological polar surface area (TPSA) is 89.3 Å². The van der Waals surface area contributed by atoms with Crippen LogP contribution in [0.25, 0.3) is 0 Å². The molecule has 0 saturated carbocycles. The molecular formula is C21H29BrN4O3+2. The van der Waals surface area contributed by atoms with E-state index in [1.165, 1.54) is 16.2 Å². The third-order valence-electron chi connectivity index (χ3n) is 7.08. The van der Waals surface area contributed by atoms with Gasteiger partial charge in [-0.3, -0.25) is 14.4 Å². The number of rotatable bonds is 4. The van der Waals surface area contributed by atoms with Crippen LogP contribution in [-0.4, -0.2) is 55.5 Å². The number of nitrogens with zero attached hydrogens (tertiary/aromatic N) is 1. The number of hydrogen-bond donors (Lipinski definition) is 3. The van der Waals surface area contributed by atoms with Crippen LogP contribution in [0.15, 0.2) is 28.7 Å². The molecule has 1 aromatic rings. The summed E-state index contributed by atoms with van der Waals surface area (Å²) in [5.41, 5.74) is 5.99. The zero-order valence-corrected chi connectivity index (χ0v) is 18.2. The number of likely N-dealkylation sites (tertiary alicyclic amines) is 2. The lowest BCUT2D eigenvalue weighted by Crippen LogP contribution is -3.27. The molecule has 0 bridgehead atoms. The number of nitrogens with two attached hydrogens (primary N) is 1. The molecule has 0 radical (unpaired) electrons. The Morgan fingerprint density at radius 1 is 1.03 bits per heavy atom. The summed E-state index contributed by atoms with van der Waals surface area (Å²) in [5, 5.41) is 0. The average Bonchev–Trinajstić information content (AvgIpc) is 3.03. The largest absolute Gasteiger partial charge is 0.364 e. The SMILES string of the molecule is NC(=O)C1([NH+]2CCCCC2)CC[NH+]([C@H]2CC(=O)N(c3ccc(Br)cc3)C2=O)CC1. The van der Waals surface area contributed by atoms with Crippen LogP contribution >= 0.6 is 15.9 Å². The number of primary amides is 1. The van der Waals surface area contributed by atoms with Crippen LogP contribution in [0.2, 0.25) is 0 Å². The third kappa shape index (κ3) is 3.73. The minimum absolute atomic E-state index is 0.135. The summed E-state index contributed by atoms with van der Waals surface area (Å²) < 4.78 is 0.904. The highest BCUT2D eigenvalue weighted by Gasteiger charge is 2.54. The molecule has 0 aromatic heterocycles. The Bertz CT molecular complexity index is 799. The van der Waals surface area contributed by atoms with Crippen LogP contribution in [0.4, 0.5) is 5.69 Å². The first kappa shape index (κ1) is 20.5. The zero-order chi connectivity index (χ0) is 20.6. The second kappa shape index (κ2) is 8.16. The molecule has 3 fully saturated rings. The van der Waals surface area contributed by atoms with Gasteiger partial charge in [0.15, 0.2) is 11.6 Å². The second-order valence-corrected chi connectivity index (χ2v) is 9.49. The Kier molecular flexibility index (Phi) is 5.77. The number of benzene rings is 1. The number of piperidine rings is 2. The van der Waals surface area contributed by atoms with Crippen molar-refractivity contribution in [2.75, 3.05) is 31.1 Å². The maximum absolute atomic E-state index is 13.1. The quantitative estimate of drug-likeness (QED) is 0.502. The van der Waals surface area contributed by atoms with Crippen molar-refractivity contribution in [3.63, 3.8) is 0 Å². The number of amides is 3. The maximum Gasteiger partial charge on any atom is 0.292 e.